The van der Waals surface area contributed by atoms with Gasteiger partial charge in [-0.3, -0.25) is 14.6 Å². The lowest BCUT2D eigenvalue weighted by atomic mass is 10.2. The maximum atomic E-state index is 12.4. The van der Waals surface area contributed by atoms with Gasteiger partial charge in [0.05, 0.1) is 13.2 Å². The van der Waals surface area contributed by atoms with Crippen molar-refractivity contribution in [2.45, 2.75) is 13.0 Å². The van der Waals surface area contributed by atoms with Crippen LogP contribution in [0, 0.1) is 10.1 Å². The number of nitrogens with zero attached hydrogens (tertiary/aromatic N) is 4. The fourth-order valence-corrected chi connectivity index (χ4v) is 2.66. The zero-order valence-corrected chi connectivity index (χ0v) is 12.8. The SMILES string of the molecule is CC1Oc2ccc([N+](=O)[O-])nc2N(CCN2CCOCC2)C1=O. The van der Waals surface area contributed by atoms with Crippen LogP contribution in [0.4, 0.5) is 11.6 Å². The number of hydrogen-bond acceptors (Lipinski definition) is 7. The fraction of sp³-hybridized carbons (Fsp3) is 0.571. The molecule has 0 bridgehead atoms. The minimum absolute atomic E-state index is 0.218. The molecule has 1 atom stereocenters. The standard InChI is InChI=1S/C14H18N4O5/c1-10-14(19)17(5-4-16-6-8-22-9-7-16)13-11(23-10)2-3-12(15-13)18(20)21/h2-3,10H,4-9H2,1H3. The van der Waals surface area contributed by atoms with E-state index in [1.165, 1.54) is 17.0 Å². The fourth-order valence-electron chi connectivity index (χ4n) is 2.66. The van der Waals surface area contributed by atoms with E-state index in [-0.39, 0.29) is 17.5 Å². The van der Waals surface area contributed by atoms with Crippen molar-refractivity contribution in [2.24, 2.45) is 0 Å². The molecule has 124 valence electrons. The van der Waals surface area contributed by atoms with Crippen molar-refractivity contribution in [1.82, 2.24) is 9.88 Å². The van der Waals surface area contributed by atoms with Gasteiger partial charge in [-0.1, -0.05) is 0 Å². The molecule has 1 fully saturated rings. The van der Waals surface area contributed by atoms with Crippen molar-refractivity contribution in [3.05, 3.63) is 22.2 Å². The first-order valence-electron chi connectivity index (χ1n) is 7.50. The average Bonchev–Trinajstić information content (AvgIpc) is 2.56. The normalized spacial score (nSPS) is 21.7. The molecule has 3 rings (SSSR count). The number of rotatable bonds is 4. The Morgan fingerprint density at radius 3 is 2.78 bits per heavy atom. The van der Waals surface area contributed by atoms with Gasteiger partial charge in [0, 0.05) is 32.2 Å². The second-order valence-corrected chi connectivity index (χ2v) is 5.45. The Bertz CT molecular complexity index is 617. The number of morpholine rings is 1. The summed E-state index contributed by atoms with van der Waals surface area (Å²) < 4.78 is 10.8. The van der Waals surface area contributed by atoms with E-state index in [9.17, 15) is 14.9 Å². The highest BCUT2D eigenvalue weighted by Crippen LogP contribution is 2.33. The average molecular weight is 322 g/mol. The lowest BCUT2D eigenvalue weighted by molar-refractivity contribution is -0.389. The summed E-state index contributed by atoms with van der Waals surface area (Å²) in [6.07, 6.45) is -0.629. The molecular formula is C14H18N4O5. The number of fused-ring (bicyclic) bond motifs is 1. The number of anilines is 1. The molecule has 9 nitrogen and oxygen atoms in total. The van der Waals surface area contributed by atoms with E-state index in [0.29, 0.717) is 32.1 Å². The van der Waals surface area contributed by atoms with Crippen LogP contribution < -0.4 is 9.64 Å². The Morgan fingerprint density at radius 1 is 1.35 bits per heavy atom. The van der Waals surface area contributed by atoms with Crippen LogP contribution in [0.2, 0.25) is 0 Å². The molecule has 9 heteroatoms. The van der Waals surface area contributed by atoms with Gasteiger partial charge in [-0.05, 0) is 22.9 Å². The van der Waals surface area contributed by atoms with Crippen LogP contribution >= 0.6 is 0 Å². The molecule has 1 aromatic rings. The zero-order chi connectivity index (χ0) is 16.4. The number of nitro groups is 1. The Kier molecular flexibility index (Phi) is 4.39. The first-order chi connectivity index (χ1) is 11.1. The first kappa shape index (κ1) is 15.6. The summed E-state index contributed by atoms with van der Waals surface area (Å²) in [5.74, 6) is 0.0741. The summed E-state index contributed by atoms with van der Waals surface area (Å²) in [6.45, 7) is 5.70. The zero-order valence-electron chi connectivity index (χ0n) is 12.8. The van der Waals surface area contributed by atoms with Crippen LogP contribution in [-0.4, -0.2) is 66.2 Å². The molecule has 0 spiro atoms. The van der Waals surface area contributed by atoms with E-state index in [1.807, 2.05) is 0 Å². The molecular weight excluding hydrogens is 304 g/mol. The molecule has 2 aliphatic rings. The number of carbonyl (C=O) groups excluding carboxylic acids is 1. The maximum Gasteiger partial charge on any atom is 0.366 e. The number of ether oxygens (including phenoxy) is 2. The molecule has 0 saturated carbocycles. The van der Waals surface area contributed by atoms with Gasteiger partial charge in [-0.25, -0.2) is 0 Å². The summed E-state index contributed by atoms with van der Waals surface area (Å²) in [5.41, 5.74) is 0. The van der Waals surface area contributed by atoms with E-state index >= 15 is 0 Å². The Labute approximate surface area is 132 Å². The lowest BCUT2D eigenvalue weighted by Gasteiger charge is -2.32. The van der Waals surface area contributed by atoms with Crippen molar-refractivity contribution in [3.63, 3.8) is 0 Å². The van der Waals surface area contributed by atoms with Gasteiger partial charge in [0.2, 0.25) is 0 Å². The molecule has 1 saturated heterocycles. The van der Waals surface area contributed by atoms with Gasteiger partial charge >= 0.3 is 5.82 Å². The third-order valence-corrected chi connectivity index (χ3v) is 3.93. The van der Waals surface area contributed by atoms with E-state index < -0.39 is 11.0 Å². The van der Waals surface area contributed by atoms with Gasteiger partial charge < -0.3 is 19.6 Å². The summed E-state index contributed by atoms with van der Waals surface area (Å²) in [7, 11) is 0. The van der Waals surface area contributed by atoms with Gasteiger partial charge in [0.1, 0.15) is 0 Å². The van der Waals surface area contributed by atoms with Crippen molar-refractivity contribution >= 4 is 17.5 Å². The highest BCUT2D eigenvalue weighted by molar-refractivity contribution is 5.98. The summed E-state index contributed by atoms with van der Waals surface area (Å²) in [4.78, 5) is 30.4. The summed E-state index contributed by atoms with van der Waals surface area (Å²) >= 11 is 0. The Balaban J connectivity index is 1.81. The van der Waals surface area contributed by atoms with Gasteiger partial charge in [0.15, 0.2) is 11.9 Å². The second-order valence-electron chi connectivity index (χ2n) is 5.45. The quantitative estimate of drug-likeness (QED) is 0.586. The monoisotopic (exact) mass is 322 g/mol. The van der Waals surface area contributed by atoms with Crippen LogP contribution in [0.15, 0.2) is 12.1 Å². The predicted molar refractivity (Wildman–Crippen MR) is 80.6 cm³/mol. The van der Waals surface area contributed by atoms with Crippen LogP contribution in [0.1, 0.15) is 6.92 Å². The minimum atomic E-state index is -0.629. The van der Waals surface area contributed by atoms with E-state index in [4.69, 9.17) is 9.47 Å². The number of pyridine rings is 1. The van der Waals surface area contributed by atoms with Gasteiger partial charge in [-0.2, -0.15) is 0 Å². The summed E-state index contributed by atoms with van der Waals surface area (Å²) in [5, 5.41) is 10.9. The third-order valence-electron chi connectivity index (χ3n) is 3.93. The smallest absolute Gasteiger partial charge is 0.366 e. The molecule has 0 aromatic carbocycles. The number of aromatic nitrogens is 1. The molecule has 1 aromatic heterocycles. The van der Waals surface area contributed by atoms with Gasteiger partial charge in [0.25, 0.3) is 11.7 Å². The Hall–Kier alpha value is -2.26. The topological polar surface area (TPSA) is 98.0 Å². The molecule has 3 heterocycles. The van der Waals surface area contributed by atoms with Crippen molar-refractivity contribution in [1.29, 1.82) is 0 Å². The van der Waals surface area contributed by atoms with E-state index in [2.05, 4.69) is 9.88 Å². The number of carbonyl (C=O) groups is 1. The predicted octanol–water partition coefficient (Wildman–Crippen LogP) is 0.436. The first-order valence-corrected chi connectivity index (χ1v) is 7.50. The van der Waals surface area contributed by atoms with Crippen molar-refractivity contribution in [2.75, 3.05) is 44.3 Å². The highest BCUT2D eigenvalue weighted by atomic mass is 16.6. The van der Waals surface area contributed by atoms with Crippen molar-refractivity contribution in [3.8, 4) is 5.75 Å². The van der Waals surface area contributed by atoms with Crippen LogP contribution in [0.5, 0.6) is 5.75 Å². The Morgan fingerprint density at radius 2 is 2.09 bits per heavy atom. The van der Waals surface area contributed by atoms with E-state index in [1.54, 1.807) is 6.92 Å². The molecule has 2 aliphatic heterocycles. The maximum absolute atomic E-state index is 12.4. The molecule has 23 heavy (non-hydrogen) atoms. The molecule has 1 unspecified atom stereocenters. The second kappa shape index (κ2) is 6.47. The molecule has 0 aliphatic carbocycles. The minimum Gasteiger partial charge on any atom is -0.475 e. The van der Waals surface area contributed by atoms with Crippen LogP contribution in [0.25, 0.3) is 0 Å². The van der Waals surface area contributed by atoms with Crippen LogP contribution in [-0.2, 0) is 9.53 Å². The molecule has 1 amide bonds. The molecule has 0 radical (unpaired) electrons. The number of hydrogen-bond donors (Lipinski definition) is 0. The number of amides is 1. The van der Waals surface area contributed by atoms with Crippen molar-refractivity contribution < 1.29 is 19.2 Å². The largest absolute Gasteiger partial charge is 0.475 e. The third kappa shape index (κ3) is 3.25. The lowest BCUT2D eigenvalue weighted by Crippen LogP contribution is -2.49. The summed E-state index contributed by atoms with van der Waals surface area (Å²) in [6, 6.07) is 2.77. The van der Waals surface area contributed by atoms with Gasteiger partial charge in [-0.15, -0.1) is 0 Å². The molecule has 0 N–H and O–H groups in total. The van der Waals surface area contributed by atoms with E-state index in [0.717, 1.165) is 13.1 Å². The highest BCUT2D eigenvalue weighted by Gasteiger charge is 2.36. The van der Waals surface area contributed by atoms with Crippen LogP contribution in [0.3, 0.4) is 0 Å².